The van der Waals surface area contributed by atoms with Crippen LogP contribution < -0.4 is 0 Å². The molecule has 1 heterocycles. The first kappa shape index (κ1) is 29.9. The highest BCUT2D eigenvalue weighted by Gasteiger charge is 2.18. The molecule has 0 bridgehead atoms. The van der Waals surface area contributed by atoms with Gasteiger partial charge in [0.15, 0.2) is 17.5 Å². The van der Waals surface area contributed by atoms with Crippen LogP contribution in [0.25, 0.3) is 99.5 Å². The van der Waals surface area contributed by atoms with E-state index in [9.17, 15) is 0 Å². The Labute approximate surface area is 301 Å². The molecule has 0 spiro atoms. The Bertz CT molecular complexity index is 2950. The summed E-state index contributed by atoms with van der Waals surface area (Å²) in [5, 5.41) is 9.31. The van der Waals surface area contributed by atoms with Gasteiger partial charge >= 0.3 is 0 Å². The van der Waals surface area contributed by atoms with Crippen LogP contribution in [0.4, 0.5) is 0 Å². The van der Waals surface area contributed by atoms with Crippen LogP contribution in [-0.2, 0) is 0 Å². The molecule has 0 fully saturated rings. The van der Waals surface area contributed by atoms with Crippen molar-refractivity contribution in [3.05, 3.63) is 188 Å². The number of rotatable bonds is 5. The Morgan fingerprint density at radius 3 is 1.44 bits per heavy atom. The molecule has 1 aromatic heterocycles. The molecule has 10 aromatic rings. The minimum absolute atomic E-state index is 0.641. The molecule has 3 nitrogen and oxygen atoms in total. The van der Waals surface area contributed by atoms with Crippen molar-refractivity contribution in [2.24, 2.45) is 0 Å². The molecule has 0 amide bonds. The Hall–Kier alpha value is -6.97. The van der Waals surface area contributed by atoms with E-state index in [2.05, 4.69) is 188 Å². The van der Waals surface area contributed by atoms with Gasteiger partial charge < -0.3 is 0 Å². The van der Waals surface area contributed by atoms with Gasteiger partial charge in [0, 0.05) is 22.1 Å². The highest BCUT2D eigenvalue weighted by atomic mass is 15.0. The topological polar surface area (TPSA) is 38.7 Å². The van der Waals surface area contributed by atoms with E-state index in [0.717, 1.165) is 54.7 Å². The van der Waals surface area contributed by atoms with E-state index >= 15 is 0 Å². The molecule has 10 rings (SSSR count). The number of benzene rings is 9. The van der Waals surface area contributed by atoms with Crippen molar-refractivity contribution in [3.8, 4) is 56.4 Å². The van der Waals surface area contributed by atoms with Gasteiger partial charge in [-0.05, 0) is 72.1 Å². The summed E-state index contributed by atoms with van der Waals surface area (Å²) in [7, 11) is 0. The standard InChI is InChI=1S/C49H31N3/c1-2-12-34(13-3-1)43-23-10-18-35-19-11-25-45(46(35)43)49-51-47(50-48(52-49)44-24-9-17-33-15-5-7-21-41(33)44)39-29-27-36-30-38(28-26-37(36)31-39)42-22-8-16-32-14-4-6-20-40(32)42/h1-31H. The average Bonchev–Trinajstić information content (AvgIpc) is 3.22. The van der Waals surface area contributed by atoms with Gasteiger partial charge in [0.2, 0.25) is 0 Å². The predicted molar refractivity (Wildman–Crippen MR) is 217 cm³/mol. The van der Waals surface area contributed by atoms with Crippen LogP contribution in [0.3, 0.4) is 0 Å². The van der Waals surface area contributed by atoms with Crippen LogP contribution in [0, 0.1) is 0 Å². The Kier molecular flexibility index (Phi) is 7.14. The average molecular weight is 662 g/mol. The number of nitrogens with zero attached hydrogens (tertiary/aromatic N) is 3. The minimum Gasteiger partial charge on any atom is -0.208 e. The molecule has 0 atom stereocenters. The lowest BCUT2D eigenvalue weighted by atomic mass is 9.94. The van der Waals surface area contributed by atoms with Crippen LogP contribution in [0.2, 0.25) is 0 Å². The van der Waals surface area contributed by atoms with E-state index in [0.29, 0.717) is 17.5 Å². The zero-order valence-corrected chi connectivity index (χ0v) is 28.2. The van der Waals surface area contributed by atoms with Crippen molar-refractivity contribution in [3.63, 3.8) is 0 Å². The van der Waals surface area contributed by atoms with Gasteiger partial charge in [0.25, 0.3) is 0 Å². The molecule has 242 valence electrons. The Morgan fingerprint density at radius 2 is 0.731 bits per heavy atom. The van der Waals surface area contributed by atoms with Gasteiger partial charge in [-0.25, -0.2) is 15.0 Å². The number of hydrogen-bond donors (Lipinski definition) is 0. The maximum absolute atomic E-state index is 5.25. The second kappa shape index (κ2) is 12.4. The molecule has 0 saturated carbocycles. The predicted octanol–water partition coefficient (Wildman–Crippen LogP) is 12.8. The van der Waals surface area contributed by atoms with Crippen LogP contribution in [0.15, 0.2) is 188 Å². The lowest BCUT2D eigenvalue weighted by Gasteiger charge is -2.14. The first-order valence-electron chi connectivity index (χ1n) is 17.6. The number of fused-ring (bicyclic) bond motifs is 4. The van der Waals surface area contributed by atoms with Gasteiger partial charge in [-0.3, -0.25) is 0 Å². The Morgan fingerprint density at radius 1 is 0.250 bits per heavy atom. The highest BCUT2D eigenvalue weighted by molar-refractivity contribution is 6.06. The van der Waals surface area contributed by atoms with Crippen LogP contribution in [0.5, 0.6) is 0 Å². The van der Waals surface area contributed by atoms with Crippen LogP contribution in [0.1, 0.15) is 0 Å². The van der Waals surface area contributed by atoms with Crippen molar-refractivity contribution in [2.75, 3.05) is 0 Å². The van der Waals surface area contributed by atoms with Crippen molar-refractivity contribution in [1.82, 2.24) is 15.0 Å². The fourth-order valence-electron chi connectivity index (χ4n) is 7.58. The van der Waals surface area contributed by atoms with Crippen LogP contribution >= 0.6 is 0 Å². The molecule has 0 aliphatic heterocycles. The lowest BCUT2D eigenvalue weighted by Crippen LogP contribution is -2.01. The van der Waals surface area contributed by atoms with Gasteiger partial charge in [-0.15, -0.1) is 0 Å². The third-order valence-corrected chi connectivity index (χ3v) is 10.1. The third-order valence-electron chi connectivity index (χ3n) is 10.1. The largest absolute Gasteiger partial charge is 0.208 e. The zero-order valence-electron chi connectivity index (χ0n) is 28.2. The first-order valence-corrected chi connectivity index (χ1v) is 17.6. The Balaban J connectivity index is 1.17. The fourth-order valence-corrected chi connectivity index (χ4v) is 7.58. The fraction of sp³-hybridized carbons (Fsp3) is 0. The lowest BCUT2D eigenvalue weighted by molar-refractivity contribution is 1.08. The molecule has 0 aliphatic rings. The van der Waals surface area contributed by atoms with Gasteiger partial charge in [0.1, 0.15) is 0 Å². The van der Waals surface area contributed by atoms with E-state index in [1.807, 2.05) is 0 Å². The molecule has 3 heteroatoms. The summed E-state index contributed by atoms with van der Waals surface area (Å²) in [5.41, 5.74) is 7.63. The smallest absolute Gasteiger partial charge is 0.164 e. The van der Waals surface area contributed by atoms with Crippen molar-refractivity contribution in [2.45, 2.75) is 0 Å². The maximum Gasteiger partial charge on any atom is 0.164 e. The molecular weight excluding hydrogens is 631 g/mol. The molecule has 0 N–H and O–H groups in total. The summed E-state index contributed by atoms with van der Waals surface area (Å²) in [6.45, 7) is 0. The van der Waals surface area contributed by atoms with E-state index in [-0.39, 0.29) is 0 Å². The van der Waals surface area contributed by atoms with Gasteiger partial charge in [-0.2, -0.15) is 0 Å². The summed E-state index contributed by atoms with van der Waals surface area (Å²) in [6.07, 6.45) is 0. The second-order valence-electron chi connectivity index (χ2n) is 13.2. The van der Waals surface area contributed by atoms with Gasteiger partial charge in [0.05, 0.1) is 0 Å². The highest BCUT2D eigenvalue weighted by Crippen LogP contribution is 2.38. The third kappa shape index (κ3) is 5.19. The quantitative estimate of drug-likeness (QED) is 0.184. The molecule has 52 heavy (non-hydrogen) atoms. The van der Waals surface area contributed by atoms with Crippen molar-refractivity contribution < 1.29 is 0 Å². The summed E-state index contributed by atoms with van der Waals surface area (Å²) in [5.74, 6) is 1.94. The van der Waals surface area contributed by atoms with Gasteiger partial charge in [-0.1, -0.05) is 176 Å². The second-order valence-corrected chi connectivity index (χ2v) is 13.2. The van der Waals surface area contributed by atoms with E-state index < -0.39 is 0 Å². The van der Waals surface area contributed by atoms with Crippen LogP contribution in [-0.4, -0.2) is 15.0 Å². The van der Waals surface area contributed by atoms with E-state index in [4.69, 9.17) is 15.0 Å². The van der Waals surface area contributed by atoms with Crippen molar-refractivity contribution in [1.29, 1.82) is 0 Å². The minimum atomic E-state index is 0.641. The molecule has 0 aliphatic carbocycles. The first-order chi connectivity index (χ1) is 25.8. The zero-order chi connectivity index (χ0) is 34.4. The molecular formula is C49H31N3. The normalized spacial score (nSPS) is 11.5. The van der Waals surface area contributed by atoms with E-state index in [1.54, 1.807) is 0 Å². The molecule has 0 saturated heterocycles. The monoisotopic (exact) mass is 661 g/mol. The maximum atomic E-state index is 5.25. The van der Waals surface area contributed by atoms with E-state index in [1.165, 1.54) is 27.3 Å². The summed E-state index contributed by atoms with van der Waals surface area (Å²) in [6, 6.07) is 66.4. The SMILES string of the molecule is c1ccc(-c2cccc3cccc(-c4nc(-c5ccc6cc(-c7cccc8ccccc78)ccc6c5)nc(-c5cccc6ccccc56)n4)c23)cc1. The number of hydrogen-bond acceptors (Lipinski definition) is 3. The summed E-state index contributed by atoms with van der Waals surface area (Å²) >= 11 is 0. The molecule has 0 unspecified atom stereocenters. The summed E-state index contributed by atoms with van der Waals surface area (Å²) < 4.78 is 0. The number of aromatic nitrogens is 3. The summed E-state index contributed by atoms with van der Waals surface area (Å²) in [4.78, 5) is 15.7. The van der Waals surface area contributed by atoms with Crippen molar-refractivity contribution >= 4 is 43.1 Å². The molecule has 0 radical (unpaired) electrons. The molecule has 9 aromatic carbocycles.